The molecular weight excluding hydrogens is 276 g/mol. The molecule has 1 aliphatic heterocycles. The van der Waals surface area contributed by atoms with Gasteiger partial charge < -0.3 is 4.74 Å². The van der Waals surface area contributed by atoms with Gasteiger partial charge in [0.2, 0.25) is 0 Å². The van der Waals surface area contributed by atoms with Gasteiger partial charge in [-0.15, -0.1) is 0 Å². The second-order valence-corrected chi connectivity index (χ2v) is 5.35. The summed E-state index contributed by atoms with van der Waals surface area (Å²) in [6.45, 7) is 1.83. The van der Waals surface area contributed by atoms with E-state index in [2.05, 4.69) is 21.1 Å². The molecule has 0 fully saturated rings. The molecule has 1 aromatic carbocycles. The van der Waals surface area contributed by atoms with Gasteiger partial charge in [-0.2, -0.15) is 0 Å². The summed E-state index contributed by atoms with van der Waals surface area (Å²) in [4.78, 5) is 28.3. The summed E-state index contributed by atoms with van der Waals surface area (Å²) < 4.78 is 4.63. The lowest BCUT2D eigenvalue weighted by atomic mass is 10.1. The van der Waals surface area contributed by atoms with Crippen LogP contribution in [0, 0.1) is 0 Å². The van der Waals surface area contributed by atoms with Crippen LogP contribution in [0.3, 0.4) is 0 Å². The van der Waals surface area contributed by atoms with E-state index in [9.17, 15) is 9.59 Å². The van der Waals surface area contributed by atoms with Crippen LogP contribution in [0.5, 0.6) is 0 Å². The number of benzene rings is 1. The maximum Gasteiger partial charge on any atom is 0.397 e. The van der Waals surface area contributed by atoms with Gasteiger partial charge in [0.05, 0.1) is 6.61 Å². The number of amidine groups is 1. The van der Waals surface area contributed by atoms with E-state index in [-0.39, 0.29) is 12.6 Å². The van der Waals surface area contributed by atoms with E-state index in [1.165, 1.54) is 11.8 Å². The van der Waals surface area contributed by atoms with Crippen LogP contribution >= 0.6 is 11.8 Å². The van der Waals surface area contributed by atoms with Gasteiger partial charge in [0.1, 0.15) is 6.04 Å². The third-order valence-corrected chi connectivity index (χ3v) is 3.98. The third-order valence-electron chi connectivity index (χ3n) is 3.00. The Balaban J connectivity index is 1.73. The van der Waals surface area contributed by atoms with E-state index in [0.717, 1.165) is 16.0 Å². The van der Waals surface area contributed by atoms with Crippen molar-refractivity contribution in [2.45, 2.75) is 13.0 Å². The van der Waals surface area contributed by atoms with Gasteiger partial charge in [-0.3, -0.25) is 10.1 Å². The SMILES string of the molecule is CCOC(=O)C(=O)NC1=NC2C(=Cc3ccccc32)S1. The Hall–Kier alpha value is -2.08. The maximum atomic E-state index is 11.6. The standard InChI is InChI=1S/C14H12N2O3S/c1-2-19-13(18)12(17)16-14-15-11-9-6-4-3-5-8(9)7-10(11)20-14/h3-7,11H,2H2,1H3,(H,15,16,17). The number of hydrogen-bond acceptors (Lipinski definition) is 5. The highest BCUT2D eigenvalue weighted by Gasteiger charge is 2.32. The molecule has 1 N–H and O–H groups in total. The van der Waals surface area contributed by atoms with Crippen LogP contribution in [0.25, 0.3) is 6.08 Å². The highest BCUT2D eigenvalue weighted by atomic mass is 32.2. The number of thioether (sulfide) groups is 1. The third kappa shape index (κ3) is 2.22. The zero-order valence-electron chi connectivity index (χ0n) is 10.8. The largest absolute Gasteiger partial charge is 0.459 e. The molecule has 0 radical (unpaired) electrons. The lowest BCUT2D eigenvalue weighted by Gasteiger charge is -2.04. The molecule has 0 bridgehead atoms. The topological polar surface area (TPSA) is 67.8 Å². The number of hydrogen-bond donors (Lipinski definition) is 1. The van der Waals surface area contributed by atoms with Gasteiger partial charge in [-0.05, 0) is 24.1 Å². The molecule has 1 atom stereocenters. The van der Waals surface area contributed by atoms with Crippen molar-refractivity contribution in [3.8, 4) is 0 Å². The first kappa shape index (κ1) is 12.9. The molecule has 102 valence electrons. The van der Waals surface area contributed by atoms with Crippen molar-refractivity contribution in [3.05, 3.63) is 40.3 Å². The fraction of sp³-hybridized carbons (Fsp3) is 0.214. The molecule has 0 saturated heterocycles. The van der Waals surface area contributed by atoms with Gasteiger partial charge in [-0.1, -0.05) is 36.0 Å². The van der Waals surface area contributed by atoms with Crippen molar-refractivity contribution in [2.75, 3.05) is 6.61 Å². The molecule has 0 saturated carbocycles. The van der Waals surface area contributed by atoms with Crippen LogP contribution in [0.1, 0.15) is 24.1 Å². The Bertz CT molecular complexity index is 652. The van der Waals surface area contributed by atoms with Gasteiger partial charge in [0.15, 0.2) is 5.17 Å². The predicted molar refractivity (Wildman–Crippen MR) is 77.0 cm³/mol. The first-order valence-electron chi connectivity index (χ1n) is 6.23. The van der Waals surface area contributed by atoms with Crippen LogP contribution in [-0.2, 0) is 14.3 Å². The van der Waals surface area contributed by atoms with E-state index < -0.39 is 11.9 Å². The first-order valence-corrected chi connectivity index (χ1v) is 7.05. The molecule has 0 spiro atoms. The number of fused-ring (bicyclic) bond motifs is 3. The van der Waals surface area contributed by atoms with E-state index >= 15 is 0 Å². The van der Waals surface area contributed by atoms with E-state index in [4.69, 9.17) is 0 Å². The van der Waals surface area contributed by atoms with Crippen molar-refractivity contribution in [2.24, 2.45) is 4.99 Å². The molecule has 0 aromatic heterocycles. The first-order chi connectivity index (χ1) is 9.69. The molecule has 2 aliphatic rings. The number of esters is 1. The fourth-order valence-electron chi connectivity index (χ4n) is 2.15. The summed E-state index contributed by atoms with van der Waals surface area (Å²) in [5, 5.41) is 2.92. The minimum atomic E-state index is -0.887. The number of rotatable bonds is 1. The van der Waals surface area contributed by atoms with Crippen LogP contribution < -0.4 is 5.32 Å². The van der Waals surface area contributed by atoms with Crippen LogP contribution in [-0.4, -0.2) is 23.7 Å². The summed E-state index contributed by atoms with van der Waals surface area (Å²) in [5.41, 5.74) is 2.27. The summed E-state index contributed by atoms with van der Waals surface area (Å²) in [5.74, 6) is -1.67. The normalized spacial score (nSPS) is 18.8. The molecule has 1 aliphatic carbocycles. The summed E-state index contributed by atoms with van der Waals surface area (Å²) >= 11 is 1.37. The van der Waals surface area contributed by atoms with Crippen LogP contribution in [0.2, 0.25) is 0 Å². The highest BCUT2D eigenvalue weighted by molar-refractivity contribution is 8.17. The Morgan fingerprint density at radius 1 is 1.40 bits per heavy atom. The van der Waals surface area contributed by atoms with E-state index in [0.29, 0.717) is 5.17 Å². The molecular formula is C14H12N2O3S. The molecule has 5 nitrogen and oxygen atoms in total. The van der Waals surface area contributed by atoms with Crippen molar-refractivity contribution in [1.82, 2.24) is 5.32 Å². The van der Waals surface area contributed by atoms with Crippen molar-refractivity contribution >= 4 is 34.9 Å². The zero-order chi connectivity index (χ0) is 14.1. The van der Waals surface area contributed by atoms with E-state index in [1.54, 1.807) is 6.92 Å². The summed E-state index contributed by atoms with van der Waals surface area (Å²) in [6, 6.07) is 7.94. The number of ether oxygens (including phenoxy) is 1. The molecule has 3 rings (SSSR count). The molecule has 1 heterocycles. The van der Waals surface area contributed by atoms with Crippen LogP contribution in [0.15, 0.2) is 34.2 Å². The number of carbonyl (C=O) groups excluding carboxylic acids is 2. The average Bonchev–Trinajstić information content (AvgIpc) is 2.96. The number of nitrogens with zero attached hydrogens (tertiary/aromatic N) is 1. The fourth-order valence-corrected chi connectivity index (χ4v) is 3.16. The number of amides is 1. The van der Waals surface area contributed by atoms with Gasteiger partial charge in [0, 0.05) is 4.91 Å². The van der Waals surface area contributed by atoms with Gasteiger partial charge in [0.25, 0.3) is 0 Å². The minimum absolute atomic E-state index is 0.0614. The van der Waals surface area contributed by atoms with Gasteiger partial charge in [-0.25, -0.2) is 9.79 Å². The zero-order valence-corrected chi connectivity index (χ0v) is 11.6. The number of aliphatic imine (C=N–C) groups is 1. The van der Waals surface area contributed by atoms with Crippen molar-refractivity contribution in [1.29, 1.82) is 0 Å². The molecule has 20 heavy (non-hydrogen) atoms. The average molecular weight is 288 g/mol. The van der Waals surface area contributed by atoms with Crippen LogP contribution in [0.4, 0.5) is 0 Å². The van der Waals surface area contributed by atoms with Crippen molar-refractivity contribution < 1.29 is 14.3 Å². The molecule has 1 amide bonds. The molecule has 6 heteroatoms. The molecule has 1 aromatic rings. The van der Waals surface area contributed by atoms with Gasteiger partial charge >= 0.3 is 11.9 Å². The monoisotopic (exact) mass is 288 g/mol. The summed E-state index contributed by atoms with van der Waals surface area (Å²) in [7, 11) is 0. The Labute approximate surface area is 120 Å². The highest BCUT2D eigenvalue weighted by Crippen LogP contribution is 2.47. The Kier molecular flexibility index (Phi) is 3.31. The Morgan fingerprint density at radius 2 is 2.20 bits per heavy atom. The lowest BCUT2D eigenvalue weighted by Crippen LogP contribution is -2.35. The smallest absolute Gasteiger partial charge is 0.397 e. The quantitative estimate of drug-likeness (QED) is 0.632. The van der Waals surface area contributed by atoms with E-state index in [1.807, 2.05) is 24.3 Å². The molecule has 1 unspecified atom stereocenters. The number of nitrogens with one attached hydrogen (secondary N) is 1. The maximum absolute atomic E-state index is 11.6. The lowest BCUT2D eigenvalue weighted by molar-refractivity contribution is -0.153. The second kappa shape index (κ2) is 5.13. The predicted octanol–water partition coefficient (Wildman–Crippen LogP) is 1.86. The minimum Gasteiger partial charge on any atom is -0.459 e. The second-order valence-electron chi connectivity index (χ2n) is 4.29. The Morgan fingerprint density at radius 3 is 3.00 bits per heavy atom. The summed E-state index contributed by atoms with van der Waals surface area (Å²) in [6.07, 6.45) is 2.05. The van der Waals surface area contributed by atoms with Crippen molar-refractivity contribution in [3.63, 3.8) is 0 Å². The number of carbonyl (C=O) groups is 2.